The number of hydrogen-bond acceptors (Lipinski definition) is 2. The van der Waals surface area contributed by atoms with Gasteiger partial charge in [0.15, 0.2) is 12.4 Å². The minimum Gasteiger partial charge on any atom is -0.462 e. The number of ether oxygens (including phenoxy) is 1. The first-order valence-corrected chi connectivity index (χ1v) is 14.4. The van der Waals surface area contributed by atoms with Crippen molar-refractivity contribution in [2.75, 3.05) is 6.61 Å². The summed E-state index contributed by atoms with van der Waals surface area (Å²) in [5.41, 5.74) is 0.668. The zero-order valence-corrected chi connectivity index (χ0v) is 22.1. The van der Waals surface area contributed by atoms with Gasteiger partial charge in [-0.2, -0.15) is 0 Å². The summed E-state index contributed by atoms with van der Waals surface area (Å²) in [6, 6.07) is 3.80. The van der Waals surface area contributed by atoms with Crippen LogP contribution in [-0.2, 0) is 11.3 Å². The molecule has 0 aromatic carbocycles. The Bertz CT molecular complexity index is 555. The van der Waals surface area contributed by atoms with Gasteiger partial charge in [0, 0.05) is 18.6 Å². The van der Waals surface area contributed by atoms with Crippen molar-refractivity contribution in [3.05, 3.63) is 30.1 Å². The molecule has 0 N–H and O–H groups in total. The Morgan fingerprint density at radius 3 is 1.45 bits per heavy atom. The van der Waals surface area contributed by atoms with Crippen molar-refractivity contribution in [2.24, 2.45) is 0 Å². The van der Waals surface area contributed by atoms with E-state index in [9.17, 15) is 4.79 Å². The normalized spacial score (nSPS) is 11.1. The number of unbranched alkanes of at least 4 members (excludes halogenated alkanes) is 18. The van der Waals surface area contributed by atoms with E-state index in [1.807, 2.05) is 24.5 Å². The van der Waals surface area contributed by atoms with E-state index in [4.69, 9.17) is 4.74 Å². The van der Waals surface area contributed by atoms with Gasteiger partial charge in [-0.1, -0.05) is 123 Å². The van der Waals surface area contributed by atoms with Crippen LogP contribution in [0.1, 0.15) is 153 Å². The molecular formula is C30H54NO2+. The molecule has 0 unspecified atom stereocenters. The van der Waals surface area contributed by atoms with E-state index in [0.29, 0.717) is 12.2 Å². The number of carbonyl (C=O) groups excluding carboxylic acids is 1. The summed E-state index contributed by atoms with van der Waals surface area (Å²) >= 11 is 0. The third kappa shape index (κ3) is 17.7. The van der Waals surface area contributed by atoms with E-state index in [1.54, 1.807) is 0 Å². The predicted molar refractivity (Wildman–Crippen MR) is 141 cm³/mol. The summed E-state index contributed by atoms with van der Waals surface area (Å²) in [6.45, 7) is 6.12. The Balaban J connectivity index is 1.98. The second kappa shape index (κ2) is 22.4. The maximum Gasteiger partial charge on any atom is 0.338 e. The highest BCUT2D eigenvalue weighted by molar-refractivity contribution is 5.88. The molecule has 0 aliphatic heterocycles. The lowest BCUT2D eigenvalue weighted by atomic mass is 10.1. The molecule has 1 aromatic rings. The maximum atomic E-state index is 12.2. The van der Waals surface area contributed by atoms with Crippen LogP contribution in [0.15, 0.2) is 24.5 Å². The lowest BCUT2D eigenvalue weighted by molar-refractivity contribution is -0.697. The van der Waals surface area contributed by atoms with Crippen molar-refractivity contribution in [2.45, 2.75) is 149 Å². The van der Waals surface area contributed by atoms with Crippen LogP contribution in [0.25, 0.3) is 0 Å². The van der Waals surface area contributed by atoms with Crippen LogP contribution in [0.5, 0.6) is 0 Å². The highest BCUT2D eigenvalue weighted by atomic mass is 16.5. The Morgan fingerprint density at radius 1 is 0.606 bits per heavy atom. The van der Waals surface area contributed by atoms with E-state index in [2.05, 4.69) is 18.4 Å². The molecule has 0 aliphatic rings. The zero-order valence-electron chi connectivity index (χ0n) is 22.1. The van der Waals surface area contributed by atoms with Crippen molar-refractivity contribution >= 4 is 5.97 Å². The van der Waals surface area contributed by atoms with Crippen LogP contribution in [0, 0.1) is 0 Å². The molecule has 0 saturated heterocycles. The number of rotatable bonds is 23. The predicted octanol–water partition coefficient (Wildman–Crippen LogP) is 8.97. The van der Waals surface area contributed by atoms with E-state index in [0.717, 1.165) is 19.4 Å². The van der Waals surface area contributed by atoms with Gasteiger partial charge in [0.25, 0.3) is 0 Å². The van der Waals surface area contributed by atoms with Crippen molar-refractivity contribution < 1.29 is 14.1 Å². The van der Waals surface area contributed by atoms with Crippen LogP contribution in [-0.4, -0.2) is 12.6 Å². The first-order valence-electron chi connectivity index (χ1n) is 14.4. The summed E-state index contributed by atoms with van der Waals surface area (Å²) in [4.78, 5) is 12.2. The van der Waals surface area contributed by atoms with Gasteiger partial charge in [0.2, 0.25) is 0 Å². The quantitative estimate of drug-likeness (QED) is 0.0926. The Hall–Kier alpha value is -1.38. The molecule has 0 bridgehead atoms. The third-order valence-corrected chi connectivity index (χ3v) is 6.63. The van der Waals surface area contributed by atoms with E-state index < -0.39 is 0 Å². The molecule has 1 heterocycles. The molecular weight excluding hydrogens is 406 g/mol. The second-order valence-electron chi connectivity index (χ2n) is 9.82. The molecule has 0 saturated carbocycles. The average Bonchev–Trinajstić information content (AvgIpc) is 2.84. The van der Waals surface area contributed by atoms with E-state index in [1.165, 1.54) is 116 Å². The Labute approximate surface area is 205 Å². The molecule has 1 rings (SSSR count). The molecule has 0 amide bonds. The topological polar surface area (TPSA) is 30.2 Å². The van der Waals surface area contributed by atoms with Gasteiger partial charge in [0.05, 0.1) is 12.2 Å². The number of aromatic nitrogens is 1. The molecule has 3 heteroatoms. The standard InChI is InChI=1S/C30H54NO2/c1-3-5-7-9-11-13-15-17-19-21-25-31-26-23-29(24-27-31)30(32)33-28-22-20-18-16-14-12-10-8-6-4-2/h23-24,26-27H,3-22,25,28H2,1-2H3/q+1. The van der Waals surface area contributed by atoms with E-state index in [-0.39, 0.29) is 5.97 Å². The lowest BCUT2D eigenvalue weighted by Crippen LogP contribution is -2.32. The summed E-state index contributed by atoms with van der Waals surface area (Å²) in [7, 11) is 0. The third-order valence-electron chi connectivity index (χ3n) is 6.63. The fourth-order valence-corrected chi connectivity index (χ4v) is 4.36. The average molecular weight is 461 g/mol. The van der Waals surface area contributed by atoms with Crippen LogP contribution in [0.4, 0.5) is 0 Å². The first-order chi connectivity index (χ1) is 16.3. The molecule has 3 nitrogen and oxygen atoms in total. The van der Waals surface area contributed by atoms with Crippen molar-refractivity contribution in [1.82, 2.24) is 0 Å². The molecule has 1 aromatic heterocycles. The van der Waals surface area contributed by atoms with Crippen molar-refractivity contribution in [3.8, 4) is 0 Å². The monoisotopic (exact) mass is 460 g/mol. The summed E-state index contributed by atoms with van der Waals surface area (Å²) < 4.78 is 7.64. The number of carbonyl (C=O) groups is 1. The minimum atomic E-state index is -0.183. The summed E-state index contributed by atoms with van der Waals surface area (Å²) in [6.07, 6.45) is 30.6. The highest BCUT2D eigenvalue weighted by Gasteiger charge is 2.09. The SMILES string of the molecule is CCCCCCCCCCCCOC(=O)c1cc[n+](CCCCCCCCCCCC)cc1. The van der Waals surface area contributed by atoms with Crippen LogP contribution in [0.2, 0.25) is 0 Å². The van der Waals surface area contributed by atoms with E-state index >= 15 is 0 Å². The minimum absolute atomic E-state index is 0.183. The molecule has 33 heavy (non-hydrogen) atoms. The van der Waals surface area contributed by atoms with Crippen molar-refractivity contribution in [3.63, 3.8) is 0 Å². The Kier molecular flexibility index (Phi) is 20.1. The summed E-state index contributed by atoms with van der Waals surface area (Å²) in [5, 5.41) is 0. The van der Waals surface area contributed by atoms with Gasteiger partial charge in [-0.05, 0) is 12.8 Å². The number of esters is 1. The van der Waals surface area contributed by atoms with Crippen LogP contribution in [0.3, 0.4) is 0 Å². The van der Waals surface area contributed by atoms with Crippen molar-refractivity contribution in [1.29, 1.82) is 0 Å². The fourth-order valence-electron chi connectivity index (χ4n) is 4.36. The smallest absolute Gasteiger partial charge is 0.338 e. The highest BCUT2D eigenvalue weighted by Crippen LogP contribution is 2.12. The molecule has 190 valence electrons. The molecule has 0 radical (unpaired) electrons. The lowest BCUT2D eigenvalue weighted by Gasteiger charge is -2.05. The van der Waals surface area contributed by atoms with Gasteiger partial charge in [-0.15, -0.1) is 0 Å². The number of pyridine rings is 1. The van der Waals surface area contributed by atoms with Gasteiger partial charge in [0.1, 0.15) is 6.54 Å². The van der Waals surface area contributed by atoms with Gasteiger partial charge >= 0.3 is 5.97 Å². The Morgan fingerprint density at radius 2 is 1.00 bits per heavy atom. The first kappa shape index (κ1) is 29.7. The maximum absolute atomic E-state index is 12.2. The molecule has 0 atom stereocenters. The second-order valence-corrected chi connectivity index (χ2v) is 9.82. The van der Waals surface area contributed by atoms with Gasteiger partial charge < -0.3 is 4.74 Å². The number of aryl methyl sites for hydroxylation is 1. The van der Waals surface area contributed by atoms with Crippen LogP contribution < -0.4 is 4.57 Å². The number of hydrogen-bond donors (Lipinski definition) is 0. The summed E-state index contributed by atoms with van der Waals surface area (Å²) in [5.74, 6) is -0.183. The zero-order chi connectivity index (χ0) is 23.8. The van der Waals surface area contributed by atoms with Gasteiger partial charge in [-0.3, -0.25) is 0 Å². The van der Waals surface area contributed by atoms with Crippen LogP contribution >= 0.6 is 0 Å². The van der Waals surface area contributed by atoms with Gasteiger partial charge in [-0.25, -0.2) is 9.36 Å². The molecule has 0 fully saturated rings. The molecule has 0 aliphatic carbocycles. The largest absolute Gasteiger partial charge is 0.462 e. The number of nitrogens with zero attached hydrogens (tertiary/aromatic N) is 1. The fraction of sp³-hybridized carbons (Fsp3) is 0.800. The molecule has 0 spiro atoms.